The van der Waals surface area contributed by atoms with E-state index < -0.39 is 41.1 Å². The topological polar surface area (TPSA) is 125 Å². The second kappa shape index (κ2) is 13.2. The number of carbonyl (C=O) groups excluding carboxylic acids is 3. The Balaban J connectivity index is 2.25. The Morgan fingerprint density at radius 2 is 1.68 bits per heavy atom. The number of hydrogen-bond acceptors (Lipinski definition) is 6. The van der Waals surface area contributed by atoms with Gasteiger partial charge in [-0.15, -0.1) is 0 Å². The third-order valence-corrected chi connectivity index (χ3v) is 7.13. The van der Waals surface area contributed by atoms with Crippen molar-refractivity contribution in [1.82, 2.24) is 15.5 Å². The zero-order valence-corrected chi connectivity index (χ0v) is 23.5. The first kappa shape index (κ1) is 30.5. The van der Waals surface area contributed by atoms with Crippen molar-refractivity contribution in [3.63, 3.8) is 0 Å². The van der Waals surface area contributed by atoms with E-state index in [-0.39, 0.29) is 18.2 Å². The number of amides is 3. The first-order valence-electron chi connectivity index (χ1n) is 12.7. The fourth-order valence-corrected chi connectivity index (χ4v) is 4.84. The van der Waals surface area contributed by atoms with E-state index >= 15 is 0 Å². The van der Waals surface area contributed by atoms with Crippen LogP contribution in [0, 0.1) is 5.92 Å². The molecule has 37 heavy (non-hydrogen) atoms. The minimum absolute atomic E-state index is 0.270. The van der Waals surface area contributed by atoms with Crippen molar-refractivity contribution in [2.75, 3.05) is 25.1 Å². The van der Waals surface area contributed by atoms with Gasteiger partial charge in [0.2, 0.25) is 11.8 Å². The second-order valence-corrected chi connectivity index (χ2v) is 11.8. The molecular formula is C27H41N3O6S. The van der Waals surface area contributed by atoms with Gasteiger partial charge in [-0.2, -0.15) is 11.8 Å². The molecule has 2 atom stereocenters. The second-order valence-electron chi connectivity index (χ2n) is 10.8. The number of piperidine rings is 1. The standard InChI is InChI=1S/C27H41N3O6S/c1-18(2)21(22(31)28-20(23(32)33)12-17-37-6)29-24(34)27(19-10-8-7-9-11-19)13-15-30(16-14-27)25(35)36-26(3,4)5/h7-11,18,20-21H,12-17H2,1-6H3,(H,28,31)(H,29,34)(H,32,33)/t20-,21-/m1/s1. The van der Waals surface area contributed by atoms with Crippen LogP contribution in [0.15, 0.2) is 30.3 Å². The quantitative estimate of drug-likeness (QED) is 0.419. The van der Waals surface area contributed by atoms with E-state index in [1.807, 2.05) is 71.2 Å². The molecule has 3 N–H and O–H groups in total. The summed E-state index contributed by atoms with van der Waals surface area (Å²) in [6.07, 6.45) is 2.46. The summed E-state index contributed by atoms with van der Waals surface area (Å²) in [7, 11) is 0. The smallest absolute Gasteiger partial charge is 0.410 e. The highest BCUT2D eigenvalue weighted by Gasteiger charge is 2.45. The van der Waals surface area contributed by atoms with E-state index in [2.05, 4.69) is 10.6 Å². The highest BCUT2D eigenvalue weighted by Crippen LogP contribution is 2.36. The molecule has 1 fully saturated rings. The van der Waals surface area contributed by atoms with Crippen LogP contribution in [0.1, 0.15) is 59.4 Å². The first-order chi connectivity index (χ1) is 17.3. The van der Waals surface area contributed by atoms with E-state index in [1.165, 1.54) is 11.8 Å². The maximum Gasteiger partial charge on any atom is 0.410 e. The average molecular weight is 536 g/mol. The number of hydrogen-bond donors (Lipinski definition) is 3. The molecule has 3 amide bonds. The monoisotopic (exact) mass is 535 g/mol. The van der Waals surface area contributed by atoms with Crippen molar-refractivity contribution < 1.29 is 29.0 Å². The molecule has 0 saturated carbocycles. The Morgan fingerprint density at radius 1 is 1.08 bits per heavy atom. The SMILES string of the molecule is CSCC[C@@H](NC(=O)[C@H](NC(=O)C1(c2ccccc2)CCN(C(=O)OC(C)(C)C)CC1)C(C)C)C(=O)O. The number of rotatable bonds is 10. The number of aliphatic carboxylic acids is 1. The van der Waals surface area contributed by atoms with Gasteiger partial charge >= 0.3 is 12.1 Å². The summed E-state index contributed by atoms with van der Waals surface area (Å²) >= 11 is 1.50. The zero-order chi connectivity index (χ0) is 27.8. The Kier molecular flexibility index (Phi) is 10.8. The molecule has 2 rings (SSSR count). The lowest BCUT2D eigenvalue weighted by molar-refractivity contribution is -0.142. The van der Waals surface area contributed by atoms with Gasteiger partial charge in [0.15, 0.2) is 0 Å². The van der Waals surface area contributed by atoms with Gasteiger partial charge < -0.3 is 25.4 Å². The summed E-state index contributed by atoms with van der Waals surface area (Å²) in [5.74, 6) is -1.62. The lowest BCUT2D eigenvalue weighted by Gasteiger charge is -2.42. The third kappa shape index (κ3) is 8.38. The molecule has 0 bridgehead atoms. The summed E-state index contributed by atoms with van der Waals surface area (Å²) in [6, 6.07) is 7.43. The normalized spacial score (nSPS) is 17.0. The van der Waals surface area contributed by atoms with Crippen molar-refractivity contribution >= 4 is 35.6 Å². The molecule has 1 saturated heterocycles. The molecule has 10 heteroatoms. The van der Waals surface area contributed by atoms with E-state index in [4.69, 9.17) is 4.74 Å². The molecular weight excluding hydrogens is 494 g/mol. The molecule has 1 heterocycles. The molecule has 0 spiro atoms. The molecule has 1 aliphatic heterocycles. The first-order valence-corrected chi connectivity index (χ1v) is 14.1. The summed E-state index contributed by atoms with van der Waals surface area (Å²) in [5.41, 5.74) is -0.759. The molecule has 0 radical (unpaired) electrons. The van der Waals surface area contributed by atoms with Gasteiger partial charge in [-0.05, 0) is 63.5 Å². The van der Waals surface area contributed by atoms with E-state index in [0.717, 1.165) is 5.56 Å². The maximum absolute atomic E-state index is 13.9. The number of carboxylic acids is 1. The van der Waals surface area contributed by atoms with Gasteiger partial charge in [-0.3, -0.25) is 9.59 Å². The van der Waals surface area contributed by atoms with Gasteiger partial charge in [0.25, 0.3) is 0 Å². The fourth-order valence-electron chi connectivity index (χ4n) is 4.37. The van der Waals surface area contributed by atoms with Crippen LogP contribution in [-0.4, -0.2) is 76.7 Å². The summed E-state index contributed by atoms with van der Waals surface area (Å²) in [4.78, 5) is 52.9. The number of ether oxygens (including phenoxy) is 1. The summed E-state index contributed by atoms with van der Waals surface area (Å²) < 4.78 is 5.51. The van der Waals surface area contributed by atoms with Gasteiger partial charge in [0.05, 0.1) is 5.41 Å². The Morgan fingerprint density at radius 3 is 2.16 bits per heavy atom. The fraction of sp³-hybridized carbons (Fsp3) is 0.630. The minimum Gasteiger partial charge on any atom is -0.480 e. The van der Waals surface area contributed by atoms with Crippen molar-refractivity contribution in [2.45, 2.75) is 77.0 Å². The van der Waals surface area contributed by atoms with Crippen LogP contribution in [0.25, 0.3) is 0 Å². The number of nitrogens with one attached hydrogen (secondary N) is 2. The van der Waals surface area contributed by atoms with Crippen LogP contribution in [0.2, 0.25) is 0 Å². The molecule has 206 valence electrons. The number of likely N-dealkylation sites (tertiary alicyclic amines) is 1. The number of benzene rings is 1. The van der Waals surface area contributed by atoms with Crippen LogP contribution >= 0.6 is 11.8 Å². The van der Waals surface area contributed by atoms with Crippen molar-refractivity contribution in [2.24, 2.45) is 5.92 Å². The third-order valence-electron chi connectivity index (χ3n) is 6.49. The maximum atomic E-state index is 13.9. The molecule has 9 nitrogen and oxygen atoms in total. The largest absolute Gasteiger partial charge is 0.480 e. The van der Waals surface area contributed by atoms with Crippen LogP contribution in [0.4, 0.5) is 4.79 Å². The van der Waals surface area contributed by atoms with Crippen LogP contribution in [0.3, 0.4) is 0 Å². The minimum atomic E-state index is -1.11. The van der Waals surface area contributed by atoms with Crippen LogP contribution in [0.5, 0.6) is 0 Å². The Labute approximate surface area is 224 Å². The van der Waals surface area contributed by atoms with Crippen LogP contribution in [-0.2, 0) is 24.5 Å². The zero-order valence-electron chi connectivity index (χ0n) is 22.7. The van der Waals surface area contributed by atoms with Gasteiger partial charge in [-0.25, -0.2) is 9.59 Å². The lowest BCUT2D eigenvalue weighted by atomic mass is 9.71. The Hall–Kier alpha value is -2.75. The number of carbonyl (C=O) groups is 4. The van der Waals surface area contributed by atoms with E-state index in [1.54, 1.807) is 4.90 Å². The van der Waals surface area contributed by atoms with Crippen LogP contribution < -0.4 is 10.6 Å². The van der Waals surface area contributed by atoms with Gasteiger partial charge in [0, 0.05) is 13.1 Å². The molecule has 0 aliphatic carbocycles. The molecule has 1 aliphatic rings. The molecule has 0 aromatic heterocycles. The summed E-state index contributed by atoms with van der Waals surface area (Å²) in [6.45, 7) is 9.69. The van der Waals surface area contributed by atoms with Crippen molar-refractivity contribution in [1.29, 1.82) is 0 Å². The highest BCUT2D eigenvalue weighted by atomic mass is 32.2. The average Bonchev–Trinajstić information content (AvgIpc) is 2.83. The lowest BCUT2D eigenvalue weighted by Crippen LogP contribution is -2.59. The Bertz CT molecular complexity index is 939. The van der Waals surface area contributed by atoms with Crippen molar-refractivity contribution in [3.8, 4) is 0 Å². The molecule has 1 aromatic carbocycles. The molecule has 1 aromatic rings. The predicted molar refractivity (Wildman–Crippen MR) is 144 cm³/mol. The number of thioether (sulfide) groups is 1. The number of nitrogens with zero attached hydrogens (tertiary/aromatic N) is 1. The summed E-state index contributed by atoms with van der Waals surface area (Å²) in [5, 5.41) is 15.1. The van der Waals surface area contributed by atoms with Gasteiger partial charge in [-0.1, -0.05) is 44.2 Å². The van der Waals surface area contributed by atoms with Crippen molar-refractivity contribution in [3.05, 3.63) is 35.9 Å². The molecule has 0 unspecified atom stereocenters. The number of carboxylic acid groups (broad SMARTS) is 1. The van der Waals surface area contributed by atoms with Gasteiger partial charge in [0.1, 0.15) is 17.7 Å². The van der Waals surface area contributed by atoms with E-state index in [0.29, 0.717) is 31.7 Å². The predicted octanol–water partition coefficient (Wildman–Crippen LogP) is 3.42. The van der Waals surface area contributed by atoms with E-state index in [9.17, 15) is 24.3 Å². The highest BCUT2D eigenvalue weighted by molar-refractivity contribution is 7.98.